The zero-order valence-corrected chi connectivity index (χ0v) is 11.7. The third-order valence-electron chi connectivity index (χ3n) is 2.36. The van der Waals surface area contributed by atoms with Crippen LogP contribution >= 0.6 is 27.5 Å². The van der Waals surface area contributed by atoms with Crippen molar-refractivity contribution in [2.24, 2.45) is 0 Å². The molecule has 2 nitrogen and oxygen atoms in total. The van der Waals surface area contributed by atoms with E-state index in [1.54, 1.807) is 12.1 Å². The Morgan fingerprint density at radius 2 is 2.25 bits per heavy atom. The van der Waals surface area contributed by atoms with Crippen LogP contribution in [0.25, 0.3) is 0 Å². The molecule has 1 aromatic rings. The fourth-order valence-electron chi connectivity index (χ4n) is 1.38. The summed E-state index contributed by atoms with van der Waals surface area (Å²) in [6.45, 7) is 3.89. The van der Waals surface area contributed by atoms with Crippen LogP contribution in [0.3, 0.4) is 0 Å². The van der Waals surface area contributed by atoms with Crippen LogP contribution in [0, 0.1) is 6.92 Å². The van der Waals surface area contributed by atoms with E-state index in [-0.39, 0.29) is 11.9 Å². The molecule has 0 spiro atoms. The summed E-state index contributed by atoms with van der Waals surface area (Å²) >= 11 is 9.22. The summed E-state index contributed by atoms with van der Waals surface area (Å²) in [5.41, 5.74) is 1.59. The lowest BCUT2D eigenvalue weighted by atomic mass is 10.1. The molecule has 0 heterocycles. The molecule has 4 heteroatoms. The van der Waals surface area contributed by atoms with Crippen LogP contribution in [0.4, 0.5) is 0 Å². The second-order valence-electron chi connectivity index (χ2n) is 3.81. The number of hydrogen-bond acceptors (Lipinski definition) is 1. The molecular formula is C12H15BrClNO. The van der Waals surface area contributed by atoms with E-state index in [4.69, 9.17) is 11.6 Å². The standard InChI is InChI=1S/C12H15BrClNO/c1-8-3-4-10(14)7-11(8)12(16)15-9(2)5-6-13/h3-4,7,9H,5-6H2,1-2H3,(H,15,16). The molecule has 1 atom stereocenters. The van der Waals surface area contributed by atoms with E-state index in [0.717, 1.165) is 17.3 Å². The van der Waals surface area contributed by atoms with E-state index in [1.165, 1.54) is 0 Å². The van der Waals surface area contributed by atoms with E-state index in [1.807, 2.05) is 19.9 Å². The van der Waals surface area contributed by atoms with Gasteiger partial charge in [0.15, 0.2) is 0 Å². The van der Waals surface area contributed by atoms with Crippen molar-refractivity contribution in [2.45, 2.75) is 26.3 Å². The first kappa shape index (κ1) is 13.5. The number of carbonyl (C=O) groups is 1. The lowest BCUT2D eigenvalue weighted by molar-refractivity contribution is 0.0939. The molecule has 0 aromatic heterocycles. The van der Waals surface area contributed by atoms with Gasteiger partial charge in [0.05, 0.1) is 0 Å². The molecule has 0 saturated carbocycles. The van der Waals surface area contributed by atoms with Gasteiger partial charge in [-0.2, -0.15) is 0 Å². The van der Waals surface area contributed by atoms with Gasteiger partial charge >= 0.3 is 0 Å². The number of hydrogen-bond donors (Lipinski definition) is 1. The minimum absolute atomic E-state index is 0.0616. The van der Waals surface area contributed by atoms with Crippen molar-refractivity contribution in [3.8, 4) is 0 Å². The molecule has 88 valence electrons. The van der Waals surface area contributed by atoms with E-state index in [0.29, 0.717) is 10.6 Å². The molecule has 1 aromatic carbocycles. The van der Waals surface area contributed by atoms with Crippen molar-refractivity contribution >= 4 is 33.4 Å². The maximum absolute atomic E-state index is 11.9. The average Bonchev–Trinajstić information content (AvgIpc) is 2.21. The van der Waals surface area contributed by atoms with Crippen molar-refractivity contribution in [1.82, 2.24) is 5.32 Å². The fourth-order valence-corrected chi connectivity index (χ4v) is 2.24. The van der Waals surface area contributed by atoms with Crippen LogP contribution in [0.2, 0.25) is 5.02 Å². The predicted molar refractivity (Wildman–Crippen MR) is 71.5 cm³/mol. The number of aryl methyl sites for hydroxylation is 1. The van der Waals surface area contributed by atoms with Gasteiger partial charge in [-0.1, -0.05) is 33.6 Å². The highest BCUT2D eigenvalue weighted by Crippen LogP contribution is 2.15. The van der Waals surface area contributed by atoms with Crippen LogP contribution in [0.15, 0.2) is 18.2 Å². The van der Waals surface area contributed by atoms with Crippen LogP contribution in [-0.4, -0.2) is 17.3 Å². The molecule has 16 heavy (non-hydrogen) atoms. The van der Waals surface area contributed by atoms with E-state index in [2.05, 4.69) is 21.2 Å². The highest BCUT2D eigenvalue weighted by molar-refractivity contribution is 9.09. The summed E-state index contributed by atoms with van der Waals surface area (Å²) in [6.07, 6.45) is 0.908. The highest BCUT2D eigenvalue weighted by atomic mass is 79.9. The Morgan fingerprint density at radius 3 is 2.88 bits per heavy atom. The second kappa shape index (κ2) is 6.26. The largest absolute Gasteiger partial charge is 0.350 e. The summed E-state index contributed by atoms with van der Waals surface area (Å²) in [6, 6.07) is 5.50. The van der Waals surface area contributed by atoms with Gasteiger partial charge in [-0.25, -0.2) is 0 Å². The quantitative estimate of drug-likeness (QED) is 0.847. The molecule has 0 aliphatic rings. The predicted octanol–water partition coefficient (Wildman–Crippen LogP) is 3.55. The molecule has 1 unspecified atom stereocenters. The maximum atomic E-state index is 11.9. The summed E-state index contributed by atoms with van der Waals surface area (Å²) in [7, 11) is 0. The van der Waals surface area contributed by atoms with Crippen molar-refractivity contribution in [2.75, 3.05) is 5.33 Å². The first-order chi connectivity index (χ1) is 7.54. The van der Waals surface area contributed by atoms with Crippen LogP contribution in [-0.2, 0) is 0 Å². The Labute approximate surface area is 110 Å². The van der Waals surface area contributed by atoms with E-state index >= 15 is 0 Å². The van der Waals surface area contributed by atoms with Crippen molar-refractivity contribution in [3.05, 3.63) is 34.3 Å². The SMILES string of the molecule is Cc1ccc(Cl)cc1C(=O)NC(C)CCBr. The van der Waals surface area contributed by atoms with E-state index in [9.17, 15) is 4.79 Å². The minimum atomic E-state index is -0.0616. The van der Waals surface area contributed by atoms with Gasteiger partial charge in [-0.05, 0) is 38.0 Å². The lowest BCUT2D eigenvalue weighted by Crippen LogP contribution is -2.33. The topological polar surface area (TPSA) is 29.1 Å². The Morgan fingerprint density at radius 1 is 1.56 bits per heavy atom. The first-order valence-electron chi connectivity index (χ1n) is 5.17. The highest BCUT2D eigenvalue weighted by Gasteiger charge is 2.11. The zero-order chi connectivity index (χ0) is 12.1. The molecule has 1 N–H and O–H groups in total. The molecule has 0 aliphatic heterocycles. The first-order valence-corrected chi connectivity index (χ1v) is 6.67. The van der Waals surface area contributed by atoms with Crippen molar-refractivity contribution in [3.63, 3.8) is 0 Å². The van der Waals surface area contributed by atoms with Crippen LogP contribution in [0.1, 0.15) is 29.3 Å². The van der Waals surface area contributed by atoms with Gasteiger partial charge in [0.25, 0.3) is 5.91 Å². The van der Waals surface area contributed by atoms with E-state index < -0.39 is 0 Å². The van der Waals surface area contributed by atoms with Crippen molar-refractivity contribution in [1.29, 1.82) is 0 Å². The van der Waals surface area contributed by atoms with Gasteiger partial charge in [0.1, 0.15) is 0 Å². The minimum Gasteiger partial charge on any atom is -0.350 e. The fraction of sp³-hybridized carbons (Fsp3) is 0.417. The zero-order valence-electron chi connectivity index (χ0n) is 9.39. The molecule has 0 aliphatic carbocycles. The van der Waals surface area contributed by atoms with Gasteiger partial charge in [0, 0.05) is 22.0 Å². The Hall–Kier alpha value is -0.540. The number of carbonyl (C=O) groups excluding carboxylic acids is 1. The Bertz CT molecular complexity index is 381. The average molecular weight is 305 g/mol. The summed E-state index contributed by atoms with van der Waals surface area (Å²) < 4.78 is 0. The molecule has 0 saturated heterocycles. The second-order valence-corrected chi connectivity index (χ2v) is 5.04. The number of rotatable bonds is 4. The molecule has 0 fully saturated rings. The van der Waals surface area contributed by atoms with Gasteiger partial charge in [-0.3, -0.25) is 4.79 Å². The summed E-state index contributed by atoms with van der Waals surface area (Å²) in [5.74, 6) is -0.0616. The third-order valence-corrected chi connectivity index (χ3v) is 3.06. The molecule has 0 radical (unpaired) electrons. The maximum Gasteiger partial charge on any atom is 0.251 e. The van der Waals surface area contributed by atoms with Crippen LogP contribution in [0.5, 0.6) is 0 Å². The Kier molecular flexibility index (Phi) is 5.29. The molecule has 1 amide bonds. The van der Waals surface area contributed by atoms with Crippen molar-refractivity contribution < 1.29 is 4.79 Å². The third kappa shape index (κ3) is 3.80. The Balaban J connectivity index is 2.76. The normalized spacial score (nSPS) is 12.2. The monoisotopic (exact) mass is 303 g/mol. The number of amides is 1. The van der Waals surface area contributed by atoms with Gasteiger partial charge in [-0.15, -0.1) is 0 Å². The summed E-state index contributed by atoms with van der Waals surface area (Å²) in [4.78, 5) is 11.9. The lowest BCUT2D eigenvalue weighted by Gasteiger charge is -2.13. The number of nitrogens with one attached hydrogen (secondary N) is 1. The van der Waals surface area contributed by atoms with Crippen LogP contribution < -0.4 is 5.32 Å². The van der Waals surface area contributed by atoms with Gasteiger partial charge in [0.2, 0.25) is 0 Å². The number of benzene rings is 1. The molecular weight excluding hydrogens is 289 g/mol. The number of halogens is 2. The van der Waals surface area contributed by atoms with Gasteiger partial charge < -0.3 is 5.32 Å². The molecule has 1 rings (SSSR count). The summed E-state index contributed by atoms with van der Waals surface area (Å²) in [5, 5.41) is 4.40. The smallest absolute Gasteiger partial charge is 0.251 e. The number of alkyl halides is 1. The molecule has 0 bridgehead atoms.